The van der Waals surface area contributed by atoms with Crippen molar-refractivity contribution < 1.29 is 4.74 Å². The van der Waals surface area contributed by atoms with E-state index >= 15 is 0 Å². The van der Waals surface area contributed by atoms with Crippen LogP contribution in [-0.2, 0) is 25.9 Å². The highest BCUT2D eigenvalue weighted by molar-refractivity contribution is 5.79. The number of rotatable bonds is 4. The van der Waals surface area contributed by atoms with Crippen LogP contribution >= 0.6 is 0 Å². The molecule has 1 aromatic heterocycles. The summed E-state index contributed by atoms with van der Waals surface area (Å²) in [4.78, 5) is 4.29. The molecule has 1 aromatic carbocycles. The standard InChI is InChI=1S/C18H24N6O/c1-19-18(20-11-14-10-13-6-2-3-7-15(13)25-14)21-12-17-23-22-16-8-4-5-9-24(16)17/h2-3,6-7,14H,4-5,8-12H2,1H3,(H2,19,20,21). The minimum Gasteiger partial charge on any atom is -0.488 e. The average molecular weight is 340 g/mol. The van der Waals surface area contributed by atoms with Crippen molar-refractivity contribution in [3.05, 3.63) is 41.5 Å². The fraction of sp³-hybridized carbons (Fsp3) is 0.500. The van der Waals surface area contributed by atoms with Gasteiger partial charge in [0.2, 0.25) is 0 Å². The highest BCUT2D eigenvalue weighted by atomic mass is 16.5. The zero-order chi connectivity index (χ0) is 17.1. The lowest BCUT2D eigenvalue weighted by Gasteiger charge is -2.17. The molecule has 0 aliphatic carbocycles. The summed E-state index contributed by atoms with van der Waals surface area (Å²) in [6, 6.07) is 8.21. The summed E-state index contributed by atoms with van der Waals surface area (Å²) in [6.45, 7) is 2.35. The molecule has 2 N–H and O–H groups in total. The van der Waals surface area contributed by atoms with Crippen molar-refractivity contribution in [2.24, 2.45) is 4.99 Å². The van der Waals surface area contributed by atoms with Gasteiger partial charge in [0.05, 0.1) is 13.1 Å². The maximum absolute atomic E-state index is 5.95. The van der Waals surface area contributed by atoms with Gasteiger partial charge < -0.3 is 19.9 Å². The number of nitrogens with zero attached hydrogens (tertiary/aromatic N) is 4. The molecule has 0 radical (unpaired) electrons. The molecule has 2 aromatic rings. The Bertz CT molecular complexity index is 744. The molecule has 25 heavy (non-hydrogen) atoms. The van der Waals surface area contributed by atoms with E-state index in [2.05, 4.69) is 42.5 Å². The van der Waals surface area contributed by atoms with Crippen LogP contribution < -0.4 is 15.4 Å². The van der Waals surface area contributed by atoms with Crippen molar-refractivity contribution in [1.29, 1.82) is 0 Å². The topological polar surface area (TPSA) is 76.4 Å². The quantitative estimate of drug-likeness (QED) is 0.648. The van der Waals surface area contributed by atoms with Crippen LogP contribution in [0.1, 0.15) is 30.1 Å². The monoisotopic (exact) mass is 340 g/mol. The lowest BCUT2D eigenvalue weighted by Crippen LogP contribution is -2.42. The number of hydrogen-bond donors (Lipinski definition) is 2. The van der Waals surface area contributed by atoms with Gasteiger partial charge in [-0.25, -0.2) is 0 Å². The van der Waals surface area contributed by atoms with Gasteiger partial charge in [-0.3, -0.25) is 4.99 Å². The van der Waals surface area contributed by atoms with Crippen molar-refractivity contribution in [2.45, 2.75) is 44.9 Å². The van der Waals surface area contributed by atoms with E-state index in [0.717, 1.165) is 42.7 Å². The summed E-state index contributed by atoms with van der Waals surface area (Å²) in [5, 5.41) is 15.3. The molecule has 0 amide bonds. The third-order valence-corrected chi connectivity index (χ3v) is 4.78. The molecular formula is C18H24N6O. The van der Waals surface area contributed by atoms with Gasteiger partial charge in [-0.15, -0.1) is 10.2 Å². The number of para-hydroxylation sites is 1. The number of guanidine groups is 1. The Hall–Kier alpha value is -2.57. The summed E-state index contributed by atoms with van der Waals surface area (Å²) in [5.41, 5.74) is 1.27. The van der Waals surface area contributed by atoms with Crippen LogP contribution in [0.15, 0.2) is 29.3 Å². The van der Waals surface area contributed by atoms with E-state index < -0.39 is 0 Å². The number of aryl methyl sites for hydroxylation is 1. The van der Waals surface area contributed by atoms with Crippen LogP contribution in [0.5, 0.6) is 5.75 Å². The predicted molar refractivity (Wildman–Crippen MR) is 95.7 cm³/mol. The van der Waals surface area contributed by atoms with Crippen LogP contribution in [0.25, 0.3) is 0 Å². The highest BCUT2D eigenvalue weighted by Crippen LogP contribution is 2.27. The fourth-order valence-corrected chi connectivity index (χ4v) is 3.46. The average Bonchev–Trinajstić information content (AvgIpc) is 3.25. The Morgan fingerprint density at radius 1 is 1.28 bits per heavy atom. The minimum absolute atomic E-state index is 0.136. The molecule has 7 heteroatoms. The Balaban J connectivity index is 1.28. The van der Waals surface area contributed by atoms with Crippen LogP contribution in [0.2, 0.25) is 0 Å². The first kappa shape index (κ1) is 15.9. The second kappa shape index (κ2) is 7.13. The lowest BCUT2D eigenvalue weighted by atomic mass is 10.1. The number of ether oxygens (including phenoxy) is 1. The van der Waals surface area contributed by atoms with Gasteiger partial charge in [0.15, 0.2) is 11.8 Å². The summed E-state index contributed by atoms with van der Waals surface area (Å²) in [5.74, 6) is 3.82. The Morgan fingerprint density at radius 2 is 2.20 bits per heavy atom. The van der Waals surface area contributed by atoms with Crippen molar-refractivity contribution >= 4 is 5.96 Å². The fourth-order valence-electron chi connectivity index (χ4n) is 3.46. The predicted octanol–water partition coefficient (Wildman–Crippen LogP) is 1.28. The number of fused-ring (bicyclic) bond motifs is 2. The summed E-state index contributed by atoms with van der Waals surface area (Å²) < 4.78 is 8.18. The molecule has 1 unspecified atom stereocenters. The van der Waals surface area contributed by atoms with E-state index in [1.54, 1.807) is 7.05 Å². The van der Waals surface area contributed by atoms with Gasteiger partial charge in [-0.1, -0.05) is 18.2 Å². The first-order chi connectivity index (χ1) is 12.3. The van der Waals surface area contributed by atoms with Gasteiger partial charge in [-0.2, -0.15) is 0 Å². The molecule has 3 heterocycles. The minimum atomic E-state index is 0.136. The Kier molecular flexibility index (Phi) is 4.54. The molecule has 1 atom stereocenters. The van der Waals surface area contributed by atoms with E-state index in [9.17, 15) is 0 Å². The summed E-state index contributed by atoms with van der Waals surface area (Å²) in [7, 11) is 1.78. The van der Waals surface area contributed by atoms with Crippen molar-refractivity contribution in [3.8, 4) is 5.75 Å². The third kappa shape index (κ3) is 3.45. The first-order valence-corrected chi connectivity index (χ1v) is 8.93. The van der Waals surface area contributed by atoms with E-state index in [1.165, 1.54) is 18.4 Å². The zero-order valence-electron chi connectivity index (χ0n) is 14.5. The summed E-state index contributed by atoms with van der Waals surface area (Å²) >= 11 is 0. The number of aromatic nitrogens is 3. The molecule has 0 fully saturated rings. The van der Waals surface area contributed by atoms with E-state index in [4.69, 9.17) is 4.74 Å². The molecule has 2 aliphatic rings. The highest BCUT2D eigenvalue weighted by Gasteiger charge is 2.22. The number of hydrogen-bond acceptors (Lipinski definition) is 4. The SMILES string of the molecule is CN=C(NCc1nnc2n1CCCC2)NCC1Cc2ccccc2O1. The van der Waals surface area contributed by atoms with E-state index in [1.807, 2.05) is 12.1 Å². The number of nitrogens with one attached hydrogen (secondary N) is 2. The van der Waals surface area contributed by atoms with E-state index in [0.29, 0.717) is 13.1 Å². The number of benzene rings is 1. The first-order valence-electron chi connectivity index (χ1n) is 8.93. The molecule has 0 saturated carbocycles. The van der Waals surface area contributed by atoms with Gasteiger partial charge in [-0.05, 0) is 24.5 Å². The number of aliphatic imine (C=N–C) groups is 1. The van der Waals surface area contributed by atoms with Crippen LogP contribution in [0.4, 0.5) is 0 Å². The van der Waals surface area contributed by atoms with Crippen LogP contribution in [0.3, 0.4) is 0 Å². The Morgan fingerprint density at radius 3 is 3.08 bits per heavy atom. The van der Waals surface area contributed by atoms with Gasteiger partial charge in [0.1, 0.15) is 17.7 Å². The third-order valence-electron chi connectivity index (χ3n) is 4.78. The van der Waals surface area contributed by atoms with Gasteiger partial charge in [0, 0.05) is 26.4 Å². The zero-order valence-corrected chi connectivity index (χ0v) is 14.5. The molecule has 0 spiro atoms. The second-order valence-electron chi connectivity index (χ2n) is 6.50. The molecule has 7 nitrogen and oxygen atoms in total. The molecule has 0 saturated heterocycles. The van der Waals surface area contributed by atoms with Crippen molar-refractivity contribution in [1.82, 2.24) is 25.4 Å². The molecule has 0 bridgehead atoms. The molecule has 2 aliphatic heterocycles. The smallest absolute Gasteiger partial charge is 0.191 e. The molecule has 132 valence electrons. The van der Waals surface area contributed by atoms with Crippen molar-refractivity contribution in [3.63, 3.8) is 0 Å². The van der Waals surface area contributed by atoms with Crippen LogP contribution in [-0.4, -0.2) is 40.4 Å². The molecule has 4 rings (SSSR count). The molecular weight excluding hydrogens is 316 g/mol. The van der Waals surface area contributed by atoms with Crippen molar-refractivity contribution in [2.75, 3.05) is 13.6 Å². The largest absolute Gasteiger partial charge is 0.488 e. The van der Waals surface area contributed by atoms with Gasteiger partial charge in [0.25, 0.3) is 0 Å². The lowest BCUT2D eigenvalue weighted by molar-refractivity contribution is 0.235. The van der Waals surface area contributed by atoms with Gasteiger partial charge >= 0.3 is 0 Å². The summed E-state index contributed by atoms with van der Waals surface area (Å²) in [6.07, 6.45) is 4.50. The Labute approximate surface area is 147 Å². The maximum Gasteiger partial charge on any atom is 0.191 e. The van der Waals surface area contributed by atoms with E-state index in [-0.39, 0.29) is 6.10 Å². The second-order valence-corrected chi connectivity index (χ2v) is 6.50. The van der Waals surface area contributed by atoms with Crippen LogP contribution in [0, 0.1) is 0 Å². The normalized spacial score (nSPS) is 19.1. The maximum atomic E-state index is 5.95.